The second-order valence-electron chi connectivity index (χ2n) is 6.45. The van der Waals surface area contributed by atoms with Gasteiger partial charge in [0.2, 0.25) is 0 Å². The van der Waals surface area contributed by atoms with Crippen LogP contribution < -0.4 is 15.5 Å². The van der Waals surface area contributed by atoms with E-state index in [1.54, 1.807) is 7.05 Å². The predicted octanol–water partition coefficient (Wildman–Crippen LogP) is 3.68. The number of hydrogen-bond acceptors (Lipinski definition) is 5. The number of guanidine groups is 1. The molecule has 0 atom stereocenters. The monoisotopic (exact) mass is 540 g/mol. The molecule has 1 aliphatic heterocycles. The number of hydrogen-bond donors (Lipinski definition) is 2. The number of halogens is 4. The Kier molecular flexibility index (Phi) is 8.93. The van der Waals surface area contributed by atoms with Crippen LogP contribution in [0.15, 0.2) is 28.7 Å². The Hall–Kier alpha value is -1.63. The number of alkyl halides is 3. The van der Waals surface area contributed by atoms with E-state index in [0.29, 0.717) is 30.5 Å². The second kappa shape index (κ2) is 11.0. The Labute approximate surface area is 189 Å². The zero-order chi connectivity index (χ0) is 20.0. The molecule has 1 saturated heterocycles. The standard InChI is InChI=1S/C18H23F3N6S.HI/c1-22-17(23-7-6-16-26-14(12-28-16)18(19,20)21)25-11-13-4-5-15(24-10-13)27-8-2-3-9-27;/h4-5,10,12H,2-3,6-9,11H2,1H3,(H2,22,23,25);1H. The third kappa shape index (κ3) is 6.98. The van der Waals surface area contributed by atoms with Gasteiger partial charge in [-0.3, -0.25) is 4.99 Å². The summed E-state index contributed by atoms with van der Waals surface area (Å²) in [5, 5.41) is 7.75. The lowest BCUT2D eigenvalue weighted by Crippen LogP contribution is -2.37. The largest absolute Gasteiger partial charge is 0.434 e. The van der Waals surface area contributed by atoms with Crippen molar-refractivity contribution in [2.75, 3.05) is 31.6 Å². The van der Waals surface area contributed by atoms with Gasteiger partial charge in [-0.2, -0.15) is 13.2 Å². The van der Waals surface area contributed by atoms with Crippen LogP contribution in [-0.2, 0) is 19.1 Å². The molecule has 0 unspecified atom stereocenters. The Balaban J connectivity index is 0.00000300. The Bertz CT molecular complexity index is 788. The fraction of sp³-hybridized carbons (Fsp3) is 0.500. The fourth-order valence-electron chi connectivity index (χ4n) is 2.90. The molecule has 160 valence electrons. The number of thiazole rings is 1. The van der Waals surface area contributed by atoms with Crippen LogP contribution in [-0.4, -0.2) is 42.6 Å². The summed E-state index contributed by atoms with van der Waals surface area (Å²) >= 11 is 1.01. The van der Waals surface area contributed by atoms with Crippen molar-refractivity contribution in [3.8, 4) is 0 Å². The van der Waals surface area contributed by atoms with Crippen molar-refractivity contribution >= 4 is 47.1 Å². The summed E-state index contributed by atoms with van der Waals surface area (Å²) in [5.41, 5.74) is 0.195. The molecule has 0 aromatic carbocycles. The Morgan fingerprint density at radius 2 is 2.00 bits per heavy atom. The molecule has 0 amide bonds. The number of aromatic nitrogens is 2. The normalized spacial score (nSPS) is 14.6. The highest BCUT2D eigenvalue weighted by Gasteiger charge is 2.33. The number of nitrogens with one attached hydrogen (secondary N) is 2. The highest BCUT2D eigenvalue weighted by atomic mass is 127. The summed E-state index contributed by atoms with van der Waals surface area (Å²) in [6.45, 7) is 3.12. The van der Waals surface area contributed by atoms with Gasteiger partial charge in [-0.25, -0.2) is 9.97 Å². The first-order chi connectivity index (χ1) is 13.5. The van der Waals surface area contributed by atoms with Crippen LogP contribution in [0.5, 0.6) is 0 Å². The minimum absolute atomic E-state index is 0. The van der Waals surface area contributed by atoms with Gasteiger partial charge in [0.15, 0.2) is 11.7 Å². The third-order valence-electron chi connectivity index (χ3n) is 4.40. The van der Waals surface area contributed by atoms with Crippen molar-refractivity contribution in [3.05, 3.63) is 40.0 Å². The quantitative estimate of drug-likeness (QED) is 0.333. The van der Waals surface area contributed by atoms with Crippen LogP contribution in [0.2, 0.25) is 0 Å². The number of aliphatic imine (C=N–C) groups is 1. The molecule has 29 heavy (non-hydrogen) atoms. The summed E-state index contributed by atoms with van der Waals surface area (Å²) in [6, 6.07) is 4.06. The average Bonchev–Trinajstić information content (AvgIpc) is 3.36. The van der Waals surface area contributed by atoms with Gasteiger partial charge in [0.25, 0.3) is 0 Å². The molecule has 2 aromatic heterocycles. The topological polar surface area (TPSA) is 65.4 Å². The molecular formula is C18H24F3IN6S. The highest BCUT2D eigenvalue weighted by Crippen LogP contribution is 2.30. The summed E-state index contributed by atoms with van der Waals surface area (Å²) in [4.78, 5) is 14.5. The maximum Gasteiger partial charge on any atom is 0.434 e. The number of pyridine rings is 1. The molecule has 3 rings (SSSR count). The lowest BCUT2D eigenvalue weighted by molar-refractivity contribution is -0.140. The molecule has 1 aliphatic rings. The number of anilines is 1. The van der Waals surface area contributed by atoms with Gasteiger partial charge in [-0.1, -0.05) is 6.07 Å². The molecule has 2 aromatic rings. The van der Waals surface area contributed by atoms with Crippen LogP contribution in [0.3, 0.4) is 0 Å². The molecule has 1 fully saturated rings. The van der Waals surface area contributed by atoms with Crippen molar-refractivity contribution in [2.24, 2.45) is 4.99 Å². The highest BCUT2D eigenvalue weighted by molar-refractivity contribution is 14.0. The summed E-state index contributed by atoms with van der Waals surface area (Å²) in [5.74, 6) is 1.58. The van der Waals surface area contributed by atoms with Crippen molar-refractivity contribution < 1.29 is 13.2 Å². The van der Waals surface area contributed by atoms with Crippen molar-refractivity contribution in [1.82, 2.24) is 20.6 Å². The average molecular weight is 540 g/mol. The van der Waals surface area contributed by atoms with Crippen LogP contribution in [0.1, 0.15) is 29.1 Å². The van der Waals surface area contributed by atoms with Crippen molar-refractivity contribution in [2.45, 2.75) is 32.0 Å². The third-order valence-corrected chi connectivity index (χ3v) is 5.30. The first-order valence-electron chi connectivity index (χ1n) is 9.11. The van der Waals surface area contributed by atoms with Gasteiger partial charge in [-0.05, 0) is 24.5 Å². The van der Waals surface area contributed by atoms with E-state index in [0.717, 1.165) is 41.2 Å². The van der Waals surface area contributed by atoms with Gasteiger partial charge < -0.3 is 15.5 Å². The molecule has 11 heteroatoms. The van der Waals surface area contributed by atoms with E-state index in [2.05, 4.69) is 30.5 Å². The molecular weight excluding hydrogens is 516 g/mol. The summed E-state index contributed by atoms with van der Waals surface area (Å²) in [7, 11) is 1.65. The summed E-state index contributed by atoms with van der Waals surface area (Å²) in [6.07, 6.45) is 0.283. The van der Waals surface area contributed by atoms with E-state index in [-0.39, 0.29) is 24.0 Å². The lowest BCUT2D eigenvalue weighted by atomic mass is 10.3. The van der Waals surface area contributed by atoms with Crippen LogP contribution in [0.4, 0.5) is 19.0 Å². The Morgan fingerprint density at radius 1 is 1.24 bits per heavy atom. The molecule has 3 heterocycles. The lowest BCUT2D eigenvalue weighted by Gasteiger charge is -2.16. The molecule has 0 saturated carbocycles. The van der Waals surface area contributed by atoms with E-state index in [1.165, 1.54) is 12.8 Å². The van der Waals surface area contributed by atoms with E-state index in [4.69, 9.17) is 0 Å². The van der Waals surface area contributed by atoms with E-state index in [1.807, 2.05) is 18.3 Å². The van der Waals surface area contributed by atoms with Crippen LogP contribution in [0, 0.1) is 0 Å². The second-order valence-corrected chi connectivity index (χ2v) is 7.39. The maximum absolute atomic E-state index is 12.6. The zero-order valence-electron chi connectivity index (χ0n) is 16.0. The molecule has 6 nitrogen and oxygen atoms in total. The molecule has 2 N–H and O–H groups in total. The minimum atomic E-state index is -4.39. The van der Waals surface area contributed by atoms with Gasteiger partial charge in [-0.15, -0.1) is 35.3 Å². The zero-order valence-corrected chi connectivity index (χ0v) is 19.1. The van der Waals surface area contributed by atoms with Gasteiger partial charge in [0, 0.05) is 51.2 Å². The Morgan fingerprint density at radius 3 is 2.59 bits per heavy atom. The van der Waals surface area contributed by atoms with Gasteiger partial charge in [0.1, 0.15) is 5.82 Å². The maximum atomic E-state index is 12.6. The first-order valence-corrected chi connectivity index (χ1v) is 9.99. The van der Waals surface area contributed by atoms with Crippen molar-refractivity contribution in [3.63, 3.8) is 0 Å². The fourth-order valence-corrected chi connectivity index (χ4v) is 3.71. The SMILES string of the molecule is CN=C(NCCc1nc(C(F)(F)F)cs1)NCc1ccc(N2CCCC2)nc1.I. The van der Waals surface area contributed by atoms with Gasteiger partial charge in [0.05, 0.1) is 5.01 Å². The smallest absolute Gasteiger partial charge is 0.357 e. The van der Waals surface area contributed by atoms with Crippen LogP contribution in [0.25, 0.3) is 0 Å². The molecule has 0 radical (unpaired) electrons. The predicted molar refractivity (Wildman–Crippen MR) is 120 cm³/mol. The number of nitrogens with zero attached hydrogens (tertiary/aromatic N) is 4. The van der Waals surface area contributed by atoms with Crippen molar-refractivity contribution in [1.29, 1.82) is 0 Å². The molecule has 0 aliphatic carbocycles. The van der Waals surface area contributed by atoms with Crippen LogP contribution >= 0.6 is 35.3 Å². The van der Waals surface area contributed by atoms with E-state index < -0.39 is 11.9 Å². The number of rotatable bonds is 6. The van der Waals surface area contributed by atoms with E-state index >= 15 is 0 Å². The first kappa shape index (κ1) is 23.6. The molecule has 0 spiro atoms. The minimum Gasteiger partial charge on any atom is -0.357 e. The van der Waals surface area contributed by atoms with Gasteiger partial charge >= 0.3 is 6.18 Å². The molecule has 0 bridgehead atoms. The van der Waals surface area contributed by atoms with E-state index in [9.17, 15) is 13.2 Å². The summed E-state index contributed by atoms with van der Waals surface area (Å²) < 4.78 is 37.7.